The lowest BCUT2D eigenvalue weighted by Crippen LogP contribution is -2.38. The van der Waals surface area contributed by atoms with E-state index >= 15 is 0 Å². The number of nitrogen functional groups attached to an aromatic ring is 1. The molecule has 1 aromatic rings. The van der Waals surface area contributed by atoms with Crippen molar-refractivity contribution in [2.24, 2.45) is 5.92 Å². The number of carbonyl (C=O) groups excluding carboxylic acids is 1. The monoisotopic (exact) mass is 247 g/mol. The Labute approximate surface area is 108 Å². The lowest BCUT2D eigenvalue weighted by atomic mass is 10.1. The topological polar surface area (TPSA) is 59.2 Å². The number of nitrogens with zero attached hydrogens (tertiary/aromatic N) is 2. The van der Waals surface area contributed by atoms with Crippen LogP contribution in [0.25, 0.3) is 0 Å². The summed E-state index contributed by atoms with van der Waals surface area (Å²) in [7, 11) is 0. The Morgan fingerprint density at radius 1 is 1.50 bits per heavy atom. The number of aryl methyl sites for hydroxylation is 1. The summed E-state index contributed by atoms with van der Waals surface area (Å²) in [6, 6.07) is 3.69. The van der Waals surface area contributed by atoms with Gasteiger partial charge in [-0.3, -0.25) is 4.79 Å². The van der Waals surface area contributed by atoms with Gasteiger partial charge < -0.3 is 10.6 Å². The van der Waals surface area contributed by atoms with Gasteiger partial charge in [0.25, 0.3) is 5.91 Å². The van der Waals surface area contributed by atoms with Crippen molar-refractivity contribution in [2.75, 3.05) is 12.3 Å². The van der Waals surface area contributed by atoms with Crippen LogP contribution in [0, 0.1) is 12.8 Å². The van der Waals surface area contributed by atoms with E-state index in [2.05, 4.69) is 18.8 Å². The number of amides is 1. The fourth-order valence-electron chi connectivity index (χ4n) is 2.09. The van der Waals surface area contributed by atoms with Crippen molar-refractivity contribution >= 4 is 11.7 Å². The van der Waals surface area contributed by atoms with Gasteiger partial charge in [0.15, 0.2) is 0 Å². The molecule has 1 saturated carbocycles. The van der Waals surface area contributed by atoms with Crippen LogP contribution in [0.1, 0.15) is 42.7 Å². The molecular weight excluding hydrogens is 226 g/mol. The molecule has 1 aromatic heterocycles. The van der Waals surface area contributed by atoms with E-state index in [1.165, 1.54) is 12.8 Å². The number of aromatic nitrogens is 1. The quantitative estimate of drug-likeness (QED) is 0.887. The van der Waals surface area contributed by atoms with Gasteiger partial charge in [-0.2, -0.15) is 0 Å². The molecule has 0 radical (unpaired) electrons. The van der Waals surface area contributed by atoms with Crippen LogP contribution in [0.2, 0.25) is 0 Å². The molecule has 2 rings (SSSR count). The zero-order valence-corrected chi connectivity index (χ0v) is 11.3. The predicted molar refractivity (Wildman–Crippen MR) is 72.3 cm³/mol. The lowest BCUT2D eigenvalue weighted by molar-refractivity contribution is 0.0696. The van der Waals surface area contributed by atoms with Crippen LogP contribution in [0.4, 0.5) is 5.82 Å². The number of anilines is 1. The van der Waals surface area contributed by atoms with Gasteiger partial charge in [-0.15, -0.1) is 0 Å². The van der Waals surface area contributed by atoms with E-state index in [0.717, 1.165) is 12.2 Å². The number of hydrogen-bond donors (Lipinski definition) is 1. The van der Waals surface area contributed by atoms with Crippen LogP contribution in [0.3, 0.4) is 0 Å². The molecule has 1 aliphatic carbocycles. The van der Waals surface area contributed by atoms with Gasteiger partial charge in [0.2, 0.25) is 0 Å². The third-order valence-corrected chi connectivity index (χ3v) is 3.26. The molecular formula is C14H21N3O. The fourth-order valence-corrected chi connectivity index (χ4v) is 2.09. The smallest absolute Gasteiger partial charge is 0.254 e. The first kappa shape index (κ1) is 12.9. The van der Waals surface area contributed by atoms with E-state index in [-0.39, 0.29) is 11.9 Å². The molecule has 0 spiro atoms. The van der Waals surface area contributed by atoms with Crippen molar-refractivity contribution in [3.8, 4) is 0 Å². The highest BCUT2D eigenvalue weighted by molar-refractivity contribution is 5.95. The lowest BCUT2D eigenvalue weighted by Gasteiger charge is -2.27. The van der Waals surface area contributed by atoms with Crippen molar-refractivity contribution in [3.63, 3.8) is 0 Å². The van der Waals surface area contributed by atoms with Gasteiger partial charge >= 0.3 is 0 Å². The van der Waals surface area contributed by atoms with Gasteiger partial charge in [0.05, 0.1) is 0 Å². The zero-order valence-electron chi connectivity index (χ0n) is 11.3. The molecule has 0 bridgehead atoms. The molecule has 0 atom stereocenters. The Bertz CT molecular complexity index is 432. The second-order valence-corrected chi connectivity index (χ2v) is 5.42. The summed E-state index contributed by atoms with van der Waals surface area (Å²) in [5.74, 6) is 1.17. The first-order valence-electron chi connectivity index (χ1n) is 6.52. The molecule has 1 heterocycles. The second-order valence-electron chi connectivity index (χ2n) is 5.42. The van der Waals surface area contributed by atoms with Crippen molar-refractivity contribution < 1.29 is 4.79 Å². The summed E-state index contributed by atoms with van der Waals surface area (Å²) < 4.78 is 0. The molecule has 18 heavy (non-hydrogen) atoms. The third-order valence-electron chi connectivity index (χ3n) is 3.26. The van der Waals surface area contributed by atoms with Crippen LogP contribution in [0.15, 0.2) is 12.1 Å². The standard InChI is InChI=1S/C14H21N3O/c1-9(2)17(8-11-4-5-11)14(18)12-6-10(3)16-13(15)7-12/h6-7,9,11H,4-5,8H2,1-3H3,(H2,15,16). The second kappa shape index (κ2) is 4.96. The number of carbonyl (C=O) groups is 1. The summed E-state index contributed by atoms with van der Waals surface area (Å²) in [5, 5.41) is 0. The Hall–Kier alpha value is -1.58. The highest BCUT2D eigenvalue weighted by Crippen LogP contribution is 2.30. The summed E-state index contributed by atoms with van der Waals surface area (Å²) in [4.78, 5) is 18.5. The van der Waals surface area contributed by atoms with Gasteiger partial charge in [0, 0.05) is 23.8 Å². The SMILES string of the molecule is Cc1cc(C(=O)N(CC2CC2)C(C)C)cc(N)n1. The average molecular weight is 247 g/mol. The van der Waals surface area contributed by atoms with Crippen molar-refractivity contribution in [2.45, 2.75) is 39.7 Å². The van der Waals surface area contributed by atoms with Crippen LogP contribution >= 0.6 is 0 Å². The van der Waals surface area contributed by atoms with Crippen LogP contribution in [-0.2, 0) is 0 Å². The van der Waals surface area contributed by atoms with Gasteiger partial charge in [-0.1, -0.05) is 0 Å². The summed E-state index contributed by atoms with van der Waals surface area (Å²) in [6.07, 6.45) is 2.49. The molecule has 0 aliphatic heterocycles. The van der Waals surface area contributed by atoms with E-state index in [0.29, 0.717) is 17.3 Å². The molecule has 1 amide bonds. The Balaban J connectivity index is 2.20. The van der Waals surface area contributed by atoms with Crippen LogP contribution in [-0.4, -0.2) is 28.4 Å². The number of nitrogens with two attached hydrogens (primary N) is 1. The van der Waals surface area contributed by atoms with E-state index in [4.69, 9.17) is 5.73 Å². The summed E-state index contributed by atoms with van der Waals surface area (Å²) >= 11 is 0. The Morgan fingerprint density at radius 2 is 2.17 bits per heavy atom. The van der Waals surface area contributed by atoms with E-state index < -0.39 is 0 Å². The van der Waals surface area contributed by atoms with Gasteiger partial charge in [0.1, 0.15) is 5.82 Å². The fraction of sp³-hybridized carbons (Fsp3) is 0.571. The van der Waals surface area contributed by atoms with Crippen molar-refractivity contribution in [1.29, 1.82) is 0 Å². The number of hydrogen-bond acceptors (Lipinski definition) is 3. The maximum absolute atomic E-state index is 12.5. The van der Waals surface area contributed by atoms with Crippen molar-refractivity contribution in [1.82, 2.24) is 9.88 Å². The van der Waals surface area contributed by atoms with Crippen LogP contribution < -0.4 is 5.73 Å². The maximum Gasteiger partial charge on any atom is 0.254 e. The van der Waals surface area contributed by atoms with E-state index in [9.17, 15) is 4.79 Å². The molecule has 98 valence electrons. The summed E-state index contributed by atoms with van der Waals surface area (Å²) in [6.45, 7) is 6.82. The predicted octanol–water partition coefficient (Wildman–Crippen LogP) is 2.23. The minimum Gasteiger partial charge on any atom is -0.384 e. The van der Waals surface area contributed by atoms with Gasteiger partial charge in [-0.05, 0) is 51.7 Å². The third kappa shape index (κ3) is 3.00. The molecule has 4 heteroatoms. The maximum atomic E-state index is 12.5. The highest BCUT2D eigenvalue weighted by atomic mass is 16.2. The number of rotatable bonds is 4. The molecule has 0 aromatic carbocycles. The van der Waals surface area contributed by atoms with E-state index in [1.807, 2.05) is 11.8 Å². The van der Waals surface area contributed by atoms with E-state index in [1.54, 1.807) is 12.1 Å². The minimum absolute atomic E-state index is 0.0640. The van der Waals surface area contributed by atoms with Gasteiger partial charge in [-0.25, -0.2) is 4.98 Å². The highest BCUT2D eigenvalue weighted by Gasteiger charge is 2.28. The first-order chi connectivity index (χ1) is 8.47. The summed E-state index contributed by atoms with van der Waals surface area (Å²) in [5.41, 5.74) is 7.14. The normalized spacial score (nSPS) is 14.9. The molecule has 4 nitrogen and oxygen atoms in total. The number of pyridine rings is 1. The molecule has 1 aliphatic rings. The Morgan fingerprint density at radius 3 is 2.67 bits per heavy atom. The average Bonchev–Trinajstić information content (AvgIpc) is 3.07. The Kier molecular flexibility index (Phi) is 3.55. The zero-order chi connectivity index (χ0) is 13.3. The van der Waals surface area contributed by atoms with Crippen LogP contribution in [0.5, 0.6) is 0 Å². The minimum atomic E-state index is 0.0640. The van der Waals surface area contributed by atoms with Crippen molar-refractivity contribution in [3.05, 3.63) is 23.4 Å². The largest absolute Gasteiger partial charge is 0.384 e. The molecule has 2 N–H and O–H groups in total. The molecule has 0 saturated heterocycles. The molecule has 0 unspecified atom stereocenters. The molecule has 1 fully saturated rings. The first-order valence-corrected chi connectivity index (χ1v) is 6.52.